The molecule has 0 rings (SSSR count). The van der Waals surface area contributed by atoms with Gasteiger partial charge in [0.1, 0.15) is 5.78 Å². The van der Waals surface area contributed by atoms with Crippen LogP contribution in [0, 0.1) is 17.3 Å². The van der Waals surface area contributed by atoms with Gasteiger partial charge in [0.25, 0.3) is 0 Å². The molecule has 0 aromatic rings. The summed E-state index contributed by atoms with van der Waals surface area (Å²) in [5.41, 5.74) is -1.21. The van der Waals surface area contributed by atoms with Crippen molar-refractivity contribution >= 4 is 11.8 Å². The van der Waals surface area contributed by atoms with Gasteiger partial charge in [0.15, 0.2) is 0 Å². The highest BCUT2D eigenvalue weighted by Gasteiger charge is 2.41. The minimum atomic E-state index is -1.27. The molecule has 0 saturated carbocycles. The molecule has 0 aliphatic carbocycles. The summed E-state index contributed by atoms with van der Waals surface area (Å²) in [7, 11) is 0. The number of hydrogen-bond donors (Lipinski definition) is 3. The molecule has 0 heterocycles. The smallest absolute Gasteiger partial charge is 0.306 e. The van der Waals surface area contributed by atoms with Crippen molar-refractivity contribution in [3.8, 4) is 0 Å². The predicted octanol–water partition coefficient (Wildman–Crippen LogP) is 2.41. The summed E-state index contributed by atoms with van der Waals surface area (Å²) < 4.78 is 0. The Kier molecular flexibility index (Phi) is 8.56. The van der Waals surface area contributed by atoms with Crippen LogP contribution in [-0.2, 0) is 9.59 Å². The second-order valence-electron chi connectivity index (χ2n) is 6.68. The van der Waals surface area contributed by atoms with Crippen LogP contribution < -0.4 is 0 Å². The van der Waals surface area contributed by atoms with E-state index in [1.165, 1.54) is 13.8 Å². The van der Waals surface area contributed by atoms with Crippen LogP contribution in [-0.4, -0.2) is 39.3 Å². The van der Waals surface area contributed by atoms with E-state index in [9.17, 15) is 19.8 Å². The van der Waals surface area contributed by atoms with Crippen LogP contribution in [0.2, 0.25) is 0 Å². The molecule has 0 aromatic heterocycles. The van der Waals surface area contributed by atoms with Crippen molar-refractivity contribution in [2.75, 3.05) is 0 Å². The highest BCUT2D eigenvalue weighted by Crippen LogP contribution is 2.31. The molecule has 0 aliphatic rings. The van der Waals surface area contributed by atoms with Crippen molar-refractivity contribution in [3.05, 3.63) is 12.7 Å². The SMILES string of the molecule is C=CCCC[C@H](C)[C@H](O)[C@@H](C)C(=O)C(C)(C)[C@@H](O)CC(=O)O. The molecule has 5 nitrogen and oxygen atoms in total. The van der Waals surface area contributed by atoms with Crippen LogP contribution in [0.3, 0.4) is 0 Å². The van der Waals surface area contributed by atoms with Crippen LogP contribution in [0.5, 0.6) is 0 Å². The monoisotopic (exact) mass is 314 g/mol. The Labute approximate surface area is 133 Å². The standard InChI is InChI=1S/C17H30O5/c1-6-7-8-9-11(2)15(21)12(3)16(22)17(4,5)13(18)10-14(19)20/h6,11-13,15,18,21H,1,7-10H2,2-5H3,(H,19,20)/t11-,12+,13-,15-/m0/s1. The molecule has 0 aliphatic heterocycles. The zero-order valence-corrected chi connectivity index (χ0v) is 14.1. The maximum Gasteiger partial charge on any atom is 0.306 e. The average molecular weight is 314 g/mol. The summed E-state index contributed by atoms with van der Waals surface area (Å²) >= 11 is 0. The number of ketones is 1. The van der Waals surface area contributed by atoms with E-state index in [0.717, 1.165) is 19.3 Å². The van der Waals surface area contributed by atoms with Gasteiger partial charge in [-0.3, -0.25) is 9.59 Å². The second-order valence-corrected chi connectivity index (χ2v) is 6.68. The lowest BCUT2D eigenvalue weighted by molar-refractivity contribution is -0.147. The number of aliphatic hydroxyl groups excluding tert-OH is 2. The Morgan fingerprint density at radius 1 is 1.23 bits per heavy atom. The van der Waals surface area contributed by atoms with E-state index in [2.05, 4.69) is 6.58 Å². The van der Waals surface area contributed by atoms with Gasteiger partial charge in [0.05, 0.1) is 24.0 Å². The van der Waals surface area contributed by atoms with Crippen molar-refractivity contribution in [1.82, 2.24) is 0 Å². The number of aliphatic hydroxyl groups is 2. The van der Waals surface area contributed by atoms with Crippen LogP contribution >= 0.6 is 0 Å². The zero-order chi connectivity index (χ0) is 17.5. The zero-order valence-electron chi connectivity index (χ0n) is 14.1. The normalized spacial score (nSPS) is 17.4. The number of allylic oxidation sites excluding steroid dienone is 1. The molecule has 5 heteroatoms. The van der Waals surface area contributed by atoms with Crippen molar-refractivity contribution in [2.24, 2.45) is 17.3 Å². The van der Waals surface area contributed by atoms with E-state index >= 15 is 0 Å². The van der Waals surface area contributed by atoms with E-state index in [1.54, 1.807) is 6.92 Å². The summed E-state index contributed by atoms with van der Waals surface area (Å²) in [6.07, 6.45) is 1.78. The topological polar surface area (TPSA) is 94.8 Å². The first-order valence-electron chi connectivity index (χ1n) is 7.78. The first-order valence-corrected chi connectivity index (χ1v) is 7.78. The minimum absolute atomic E-state index is 0.0497. The van der Waals surface area contributed by atoms with Crippen LogP contribution in [0.15, 0.2) is 12.7 Å². The third-order valence-corrected chi connectivity index (χ3v) is 4.41. The van der Waals surface area contributed by atoms with Crippen molar-refractivity contribution in [1.29, 1.82) is 0 Å². The molecule has 3 N–H and O–H groups in total. The molecule has 0 fully saturated rings. The maximum atomic E-state index is 12.5. The van der Waals surface area contributed by atoms with Crippen molar-refractivity contribution < 1.29 is 24.9 Å². The van der Waals surface area contributed by atoms with E-state index in [1.807, 2.05) is 13.0 Å². The van der Waals surface area contributed by atoms with Gasteiger partial charge in [0.2, 0.25) is 0 Å². The van der Waals surface area contributed by atoms with Crippen molar-refractivity contribution in [3.63, 3.8) is 0 Å². The Morgan fingerprint density at radius 3 is 2.23 bits per heavy atom. The molecule has 4 atom stereocenters. The number of aliphatic carboxylic acids is 1. The molecular formula is C17H30O5. The molecule has 0 saturated heterocycles. The average Bonchev–Trinajstić information content (AvgIpc) is 2.44. The predicted molar refractivity (Wildman–Crippen MR) is 85.4 cm³/mol. The van der Waals surface area contributed by atoms with Crippen molar-refractivity contribution in [2.45, 2.75) is 65.6 Å². The lowest BCUT2D eigenvalue weighted by atomic mass is 9.73. The number of carboxylic acid groups (broad SMARTS) is 1. The molecule has 22 heavy (non-hydrogen) atoms. The van der Waals surface area contributed by atoms with Crippen LogP contribution in [0.25, 0.3) is 0 Å². The van der Waals surface area contributed by atoms with E-state index in [-0.39, 0.29) is 11.7 Å². The van der Waals surface area contributed by atoms with Gasteiger partial charge in [-0.25, -0.2) is 0 Å². The van der Waals surface area contributed by atoms with Gasteiger partial charge >= 0.3 is 5.97 Å². The Balaban J connectivity index is 4.80. The van der Waals surface area contributed by atoms with Crippen LogP contribution in [0.4, 0.5) is 0 Å². The third-order valence-electron chi connectivity index (χ3n) is 4.41. The van der Waals surface area contributed by atoms with E-state index in [4.69, 9.17) is 5.11 Å². The molecule has 0 amide bonds. The fourth-order valence-electron chi connectivity index (χ4n) is 2.57. The minimum Gasteiger partial charge on any atom is -0.481 e. The Hall–Kier alpha value is -1.20. The number of carbonyl (C=O) groups excluding carboxylic acids is 1. The largest absolute Gasteiger partial charge is 0.481 e. The summed E-state index contributed by atoms with van der Waals surface area (Å²) in [6.45, 7) is 10.2. The highest BCUT2D eigenvalue weighted by molar-refractivity contribution is 5.87. The number of unbranched alkanes of at least 4 members (excludes halogenated alkanes) is 1. The third kappa shape index (κ3) is 5.89. The van der Waals surface area contributed by atoms with Gasteiger partial charge in [-0.05, 0) is 25.2 Å². The first kappa shape index (κ1) is 20.8. The lowest BCUT2D eigenvalue weighted by Crippen LogP contribution is -2.45. The van der Waals surface area contributed by atoms with E-state index in [0.29, 0.717) is 0 Å². The summed E-state index contributed by atoms with van der Waals surface area (Å²) in [4.78, 5) is 23.2. The molecule has 0 spiro atoms. The molecule has 0 radical (unpaired) electrons. The fourth-order valence-corrected chi connectivity index (χ4v) is 2.57. The Morgan fingerprint density at radius 2 is 1.77 bits per heavy atom. The first-order chi connectivity index (χ1) is 10.1. The number of carboxylic acids is 1. The number of rotatable bonds is 11. The van der Waals surface area contributed by atoms with Gasteiger partial charge < -0.3 is 15.3 Å². The van der Waals surface area contributed by atoms with Gasteiger partial charge in [-0.2, -0.15) is 0 Å². The summed E-state index contributed by atoms with van der Waals surface area (Å²) in [5.74, 6) is -2.17. The fraction of sp³-hybridized carbons (Fsp3) is 0.765. The molecule has 128 valence electrons. The molecule has 0 unspecified atom stereocenters. The van der Waals surface area contributed by atoms with Gasteiger partial charge in [0, 0.05) is 5.92 Å². The van der Waals surface area contributed by atoms with Crippen LogP contribution in [0.1, 0.15) is 53.4 Å². The Bertz CT molecular complexity index is 389. The van der Waals surface area contributed by atoms with E-state index < -0.39 is 35.9 Å². The highest BCUT2D eigenvalue weighted by atomic mass is 16.4. The number of Topliss-reactive ketones (excluding diaryl/α,β-unsaturated/α-hetero) is 1. The molecule has 0 aromatic carbocycles. The lowest BCUT2D eigenvalue weighted by Gasteiger charge is -2.34. The summed E-state index contributed by atoms with van der Waals surface area (Å²) in [6, 6.07) is 0. The quantitative estimate of drug-likeness (QED) is 0.402. The number of carbonyl (C=O) groups is 2. The number of hydrogen-bond acceptors (Lipinski definition) is 4. The molecular weight excluding hydrogens is 284 g/mol. The summed E-state index contributed by atoms with van der Waals surface area (Å²) in [5, 5.41) is 29.1. The maximum absolute atomic E-state index is 12.5. The van der Waals surface area contributed by atoms with Gasteiger partial charge in [-0.15, -0.1) is 6.58 Å². The molecule has 0 bridgehead atoms. The van der Waals surface area contributed by atoms with Gasteiger partial charge in [-0.1, -0.05) is 33.8 Å². The second kappa shape index (κ2) is 9.06.